The molecule has 0 spiro atoms. The fourth-order valence-corrected chi connectivity index (χ4v) is 3.25. The van der Waals surface area contributed by atoms with E-state index in [1.807, 2.05) is 36.4 Å². The van der Waals surface area contributed by atoms with Crippen molar-refractivity contribution in [3.05, 3.63) is 59.5 Å². The molecule has 1 aromatic heterocycles. The second-order valence-electron chi connectivity index (χ2n) is 5.49. The molecule has 3 aromatic rings. The Kier molecular flexibility index (Phi) is 6.27. The first kappa shape index (κ1) is 18.7. The lowest BCUT2D eigenvalue weighted by Gasteiger charge is -2.08. The van der Waals surface area contributed by atoms with E-state index in [4.69, 9.17) is 14.3 Å². The smallest absolute Gasteiger partial charge is 0.359 e. The number of oxime groups is 1. The Hall–Kier alpha value is -3.06. The van der Waals surface area contributed by atoms with Crippen LogP contribution in [0, 0.1) is 0 Å². The number of rotatable bonds is 9. The van der Waals surface area contributed by atoms with Gasteiger partial charge < -0.3 is 19.4 Å². The number of hydrogen-bond acceptors (Lipinski definition) is 6. The van der Waals surface area contributed by atoms with E-state index in [0.29, 0.717) is 29.8 Å². The van der Waals surface area contributed by atoms with E-state index in [2.05, 4.69) is 11.2 Å². The van der Waals surface area contributed by atoms with Gasteiger partial charge in [0, 0.05) is 0 Å². The van der Waals surface area contributed by atoms with Crippen LogP contribution in [0.15, 0.2) is 59.8 Å². The molecular formula is C20H19NO5S. The fraction of sp³-hybridized carbons (Fsp3) is 0.200. The molecule has 27 heavy (non-hydrogen) atoms. The molecule has 0 unspecified atom stereocenters. The normalized spacial score (nSPS) is 11.4. The molecule has 0 fully saturated rings. The monoisotopic (exact) mass is 385 g/mol. The molecule has 6 nitrogen and oxygen atoms in total. The topological polar surface area (TPSA) is 77.4 Å². The minimum atomic E-state index is -1.14. The molecule has 0 atom stereocenters. The zero-order valence-electron chi connectivity index (χ0n) is 14.8. The first-order chi connectivity index (χ1) is 13.2. The Balaban J connectivity index is 1.53. The van der Waals surface area contributed by atoms with Gasteiger partial charge in [0.1, 0.15) is 25.6 Å². The zero-order valence-corrected chi connectivity index (χ0v) is 15.6. The standard InChI is InChI=1S/C20H19NO5S/c1-2-26-21-19(20(22)23)17-9-10-18(27-17)25-12-11-24-16-8-7-14-5-3-4-6-15(14)13-16/h3-10,13H,2,11-12H2,1H3,(H,22,23). The molecule has 0 radical (unpaired) electrons. The SMILES string of the molecule is CCON=C(C(=O)O)c1ccc(OCCOc2ccc3ccccc3c2)s1. The first-order valence-electron chi connectivity index (χ1n) is 8.45. The highest BCUT2D eigenvalue weighted by atomic mass is 32.1. The van der Waals surface area contributed by atoms with E-state index in [0.717, 1.165) is 16.5 Å². The number of carbonyl (C=O) groups is 1. The highest BCUT2D eigenvalue weighted by Gasteiger charge is 2.16. The quantitative estimate of drug-likeness (QED) is 0.340. The number of benzene rings is 2. The van der Waals surface area contributed by atoms with Crippen molar-refractivity contribution in [2.24, 2.45) is 5.16 Å². The van der Waals surface area contributed by atoms with Crippen LogP contribution in [-0.2, 0) is 9.63 Å². The van der Waals surface area contributed by atoms with Crippen LogP contribution in [0.2, 0.25) is 0 Å². The summed E-state index contributed by atoms with van der Waals surface area (Å²) < 4.78 is 11.4. The van der Waals surface area contributed by atoms with Crippen molar-refractivity contribution >= 4 is 33.8 Å². The van der Waals surface area contributed by atoms with Gasteiger partial charge in [0.2, 0.25) is 5.71 Å². The van der Waals surface area contributed by atoms with Crippen molar-refractivity contribution in [2.45, 2.75) is 6.92 Å². The van der Waals surface area contributed by atoms with E-state index in [9.17, 15) is 9.90 Å². The molecule has 1 N–H and O–H groups in total. The minimum Gasteiger partial charge on any atom is -0.490 e. The van der Waals surface area contributed by atoms with Gasteiger partial charge in [-0.3, -0.25) is 0 Å². The highest BCUT2D eigenvalue weighted by Crippen LogP contribution is 2.25. The van der Waals surface area contributed by atoms with Crippen molar-refractivity contribution in [3.8, 4) is 10.8 Å². The van der Waals surface area contributed by atoms with Gasteiger partial charge in [-0.05, 0) is 42.0 Å². The Labute approximate surface area is 160 Å². The second-order valence-corrected chi connectivity index (χ2v) is 6.53. The summed E-state index contributed by atoms with van der Waals surface area (Å²) in [5.41, 5.74) is -0.135. The summed E-state index contributed by atoms with van der Waals surface area (Å²) in [4.78, 5) is 16.6. The predicted molar refractivity (Wildman–Crippen MR) is 105 cm³/mol. The van der Waals surface area contributed by atoms with Crippen LogP contribution in [-0.4, -0.2) is 36.6 Å². The number of ether oxygens (including phenoxy) is 2. The van der Waals surface area contributed by atoms with Gasteiger partial charge in [0.25, 0.3) is 0 Å². The molecule has 0 amide bonds. The number of carboxylic acid groups (broad SMARTS) is 1. The van der Waals surface area contributed by atoms with E-state index < -0.39 is 5.97 Å². The largest absolute Gasteiger partial charge is 0.490 e. The summed E-state index contributed by atoms with van der Waals surface area (Å²) in [5, 5.41) is 15.7. The van der Waals surface area contributed by atoms with Gasteiger partial charge in [-0.1, -0.05) is 46.8 Å². The molecule has 7 heteroatoms. The van der Waals surface area contributed by atoms with Crippen LogP contribution in [0.25, 0.3) is 10.8 Å². The Morgan fingerprint density at radius 2 is 1.81 bits per heavy atom. The Morgan fingerprint density at radius 1 is 1.04 bits per heavy atom. The van der Waals surface area contributed by atoms with E-state index in [1.165, 1.54) is 11.3 Å². The van der Waals surface area contributed by atoms with Gasteiger partial charge in [-0.2, -0.15) is 0 Å². The van der Waals surface area contributed by atoms with Crippen LogP contribution in [0.4, 0.5) is 0 Å². The van der Waals surface area contributed by atoms with E-state index in [1.54, 1.807) is 19.1 Å². The van der Waals surface area contributed by atoms with Crippen LogP contribution in [0.3, 0.4) is 0 Å². The van der Waals surface area contributed by atoms with Gasteiger partial charge in [0.15, 0.2) is 5.06 Å². The summed E-state index contributed by atoms with van der Waals surface area (Å²) >= 11 is 1.20. The van der Waals surface area contributed by atoms with Crippen molar-refractivity contribution in [2.75, 3.05) is 19.8 Å². The van der Waals surface area contributed by atoms with E-state index in [-0.39, 0.29) is 5.71 Å². The van der Waals surface area contributed by atoms with E-state index >= 15 is 0 Å². The van der Waals surface area contributed by atoms with Crippen molar-refractivity contribution in [1.29, 1.82) is 0 Å². The van der Waals surface area contributed by atoms with Crippen molar-refractivity contribution in [3.63, 3.8) is 0 Å². The average Bonchev–Trinajstić information content (AvgIpc) is 3.14. The maximum Gasteiger partial charge on any atom is 0.359 e. The summed E-state index contributed by atoms with van der Waals surface area (Å²) in [6.45, 7) is 2.77. The summed E-state index contributed by atoms with van der Waals surface area (Å²) in [6, 6.07) is 17.4. The molecule has 140 valence electrons. The lowest BCUT2D eigenvalue weighted by atomic mass is 10.1. The number of hydrogen-bond donors (Lipinski definition) is 1. The number of fused-ring (bicyclic) bond motifs is 1. The molecule has 0 aliphatic carbocycles. The van der Waals surface area contributed by atoms with Crippen molar-refractivity contribution < 1.29 is 24.2 Å². The van der Waals surface area contributed by atoms with Crippen LogP contribution in [0.5, 0.6) is 10.8 Å². The number of thiophene rings is 1. The van der Waals surface area contributed by atoms with Crippen LogP contribution in [0.1, 0.15) is 11.8 Å². The highest BCUT2D eigenvalue weighted by molar-refractivity contribution is 7.16. The molecule has 1 heterocycles. The maximum atomic E-state index is 11.3. The maximum absolute atomic E-state index is 11.3. The van der Waals surface area contributed by atoms with Gasteiger partial charge in [-0.25, -0.2) is 4.79 Å². The number of carboxylic acids is 1. The molecule has 2 aromatic carbocycles. The molecule has 3 rings (SSSR count). The first-order valence-corrected chi connectivity index (χ1v) is 9.27. The van der Waals surface area contributed by atoms with Gasteiger partial charge in [0.05, 0.1) is 4.88 Å². The molecular weight excluding hydrogens is 366 g/mol. The van der Waals surface area contributed by atoms with Crippen LogP contribution < -0.4 is 9.47 Å². The van der Waals surface area contributed by atoms with Crippen LogP contribution >= 0.6 is 11.3 Å². The Bertz CT molecular complexity index is 950. The minimum absolute atomic E-state index is 0.135. The van der Waals surface area contributed by atoms with Gasteiger partial charge >= 0.3 is 5.97 Å². The third kappa shape index (κ3) is 4.98. The average molecular weight is 385 g/mol. The molecule has 0 aliphatic heterocycles. The third-order valence-electron chi connectivity index (χ3n) is 3.62. The molecule has 0 saturated carbocycles. The number of nitrogens with zero attached hydrogens (tertiary/aromatic N) is 1. The molecule has 0 aliphatic rings. The predicted octanol–water partition coefficient (Wildman–Crippen LogP) is 4.18. The zero-order chi connectivity index (χ0) is 19.1. The second kappa shape index (κ2) is 9.05. The summed E-state index contributed by atoms with van der Waals surface area (Å²) in [6.07, 6.45) is 0. The summed E-state index contributed by atoms with van der Waals surface area (Å²) in [5.74, 6) is -0.363. The number of aliphatic carboxylic acids is 1. The molecule has 0 bridgehead atoms. The molecule has 0 saturated heterocycles. The Morgan fingerprint density at radius 3 is 2.59 bits per heavy atom. The van der Waals surface area contributed by atoms with Gasteiger partial charge in [-0.15, -0.1) is 0 Å². The van der Waals surface area contributed by atoms with Crippen molar-refractivity contribution in [1.82, 2.24) is 0 Å². The third-order valence-corrected chi connectivity index (χ3v) is 4.62. The fourth-order valence-electron chi connectivity index (χ4n) is 2.40. The summed E-state index contributed by atoms with van der Waals surface area (Å²) in [7, 11) is 0. The lowest BCUT2D eigenvalue weighted by Crippen LogP contribution is -2.13. The lowest BCUT2D eigenvalue weighted by molar-refractivity contribution is -0.129.